The number of imidazole rings is 1. The number of piperidine rings is 1. The summed E-state index contributed by atoms with van der Waals surface area (Å²) in [6.07, 6.45) is 9.15. The Morgan fingerprint density at radius 2 is 1.87 bits per heavy atom. The first-order chi connectivity index (χ1) is 15.2. The van der Waals surface area contributed by atoms with Crippen LogP contribution in [0.4, 0.5) is 4.39 Å². The van der Waals surface area contributed by atoms with Gasteiger partial charge < -0.3 is 9.47 Å². The van der Waals surface area contributed by atoms with Crippen LogP contribution in [0.5, 0.6) is 0 Å². The smallest absolute Gasteiger partial charge is 0.226 e. The van der Waals surface area contributed by atoms with E-state index in [1.165, 1.54) is 24.5 Å². The average Bonchev–Trinajstić information content (AvgIpc) is 3.19. The predicted molar refractivity (Wildman–Crippen MR) is 121 cm³/mol. The average molecular weight is 418 g/mol. The van der Waals surface area contributed by atoms with E-state index in [1.807, 2.05) is 35.2 Å². The Hall–Kier alpha value is -2.95. The molecule has 31 heavy (non-hydrogen) atoms. The molecule has 1 saturated heterocycles. The van der Waals surface area contributed by atoms with E-state index in [0.717, 1.165) is 61.2 Å². The van der Waals surface area contributed by atoms with Crippen LogP contribution < -0.4 is 0 Å². The number of aromatic nitrogens is 2. The van der Waals surface area contributed by atoms with Gasteiger partial charge >= 0.3 is 0 Å². The first-order valence-corrected chi connectivity index (χ1v) is 11.4. The number of benzene rings is 2. The highest BCUT2D eigenvalue weighted by Crippen LogP contribution is 2.34. The molecule has 0 radical (unpaired) electrons. The van der Waals surface area contributed by atoms with Gasteiger partial charge in [-0.3, -0.25) is 4.79 Å². The van der Waals surface area contributed by atoms with Crippen molar-refractivity contribution >= 4 is 16.9 Å². The van der Waals surface area contributed by atoms with E-state index in [4.69, 9.17) is 4.98 Å². The van der Waals surface area contributed by atoms with Crippen LogP contribution in [-0.2, 0) is 4.79 Å². The molecule has 0 spiro atoms. The van der Waals surface area contributed by atoms with Crippen molar-refractivity contribution in [3.8, 4) is 11.4 Å². The first kappa shape index (κ1) is 20.0. The molecule has 1 amide bonds. The van der Waals surface area contributed by atoms with Crippen molar-refractivity contribution in [2.45, 2.75) is 51.0 Å². The van der Waals surface area contributed by atoms with Crippen LogP contribution in [0.2, 0.25) is 0 Å². The Balaban J connectivity index is 1.38. The third kappa shape index (κ3) is 4.14. The maximum absolute atomic E-state index is 14.1. The minimum absolute atomic E-state index is 0.194. The topological polar surface area (TPSA) is 38.1 Å². The Morgan fingerprint density at radius 1 is 1.06 bits per heavy atom. The van der Waals surface area contributed by atoms with E-state index in [9.17, 15) is 9.18 Å². The Bertz CT molecular complexity index is 1110. The zero-order valence-corrected chi connectivity index (χ0v) is 17.8. The van der Waals surface area contributed by atoms with Crippen molar-refractivity contribution in [1.82, 2.24) is 14.5 Å². The summed E-state index contributed by atoms with van der Waals surface area (Å²) in [4.78, 5) is 19.7. The zero-order chi connectivity index (χ0) is 21.2. The molecule has 0 bridgehead atoms. The van der Waals surface area contributed by atoms with Crippen LogP contribution in [0, 0.1) is 5.82 Å². The van der Waals surface area contributed by atoms with E-state index < -0.39 is 0 Å². The number of likely N-dealkylation sites (tertiary alicyclic amines) is 1. The van der Waals surface area contributed by atoms with Gasteiger partial charge in [-0.1, -0.05) is 42.0 Å². The number of halogens is 1. The number of carbonyl (C=O) groups is 1. The summed E-state index contributed by atoms with van der Waals surface area (Å²) < 4.78 is 16.3. The fraction of sp³-hybridized carbons (Fsp3) is 0.385. The quantitative estimate of drug-likeness (QED) is 0.496. The number of amides is 1. The Kier molecular flexibility index (Phi) is 5.58. The number of hydrogen-bond donors (Lipinski definition) is 0. The molecule has 160 valence electrons. The highest BCUT2D eigenvalue weighted by Gasteiger charge is 2.27. The normalized spacial score (nSPS) is 17.7. The van der Waals surface area contributed by atoms with Crippen LogP contribution in [-0.4, -0.2) is 33.4 Å². The lowest BCUT2D eigenvalue weighted by Crippen LogP contribution is -2.39. The molecule has 2 heterocycles. The number of carbonyl (C=O) groups excluding carboxylic acids is 1. The molecule has 5 rings (SSSR count). The second-order valence-corrected chi connectivity index (χ2v) is 8.70. The molecule has 0 N–H and O–H groups in total. The van der Waals surface area contributed by atoms with Crippen molar-refractivity contribution in [3.05, 3.63) is 66.0 Å². The van der Waals surface area contributed by atoms with E-state index in [0.29, 0.717) is 6.42 Å². The minimum Gasteiger partial charge on any atom is -0.342 e. The van der Waals surface area contributed by atoms with Crippen LogP contribution in [0.15, 0.2) is 60.2 Å². The molecule has 2 aromatic carbocycles. The number of hydrogen-bond acceptors (Lipinski definition) is 2. The minimum atomic E-state index is -0.248. The van der Waals surface area contributed by atoms with Gasteiger partial charge in [-0.15, -0.1) is 0 Å². The molecular weight excluding hydrogens is 389 g/mol. The lowest BCUT2D eigenvalue weighted by Gasteiger charge is -2.34. The van der Waals surface area contributed by atoms with E-state index in [-0.39, 0.29) is 17.8 Å². The molecule has 0 saturated carbocycles. The molecule has 3 aromatic rings. The first-order valence-electron chi connectivity index (χ1n) is 11.4. The molecule has 4 nitrogen and oxygen atoms in total. The SMILES string of the molecule is O=C(CC1=CCCCC1)N1CCC(n2c(-c3ccccc3)nc3ccc(F)cc32)CC1. The van der Waals surface area contributed by atoms with Gasteiger partial charge in [0, 0.05) is 31.1 Å². The Morgan fingerprint density at radius 3 is 2.61 bits per heavy atom. The monoisotopic (exact) mass is 417 g/mol. The van der Waals surface area contributed by atoms with E-state index in [2.05, 4.69) is 10.6 Å². The van der Waals surface area contributed by atoms with Crippen LogP contribution in [0.3, 0.4) is 0 Å². The molecule has 5 heteroatoms. The maximum Gasteiger partial charge on any atom is 0.226 e. The summed E-state index contributed by atoms with van der Waals surface area (Å²) in [7, 11) is 0. The van der Waals surface area contributed by atoms with Crippen molar-refractivity contribution in [1.29, 1.82) is 0 Å². The summed E-state index contributed by atoms with van der Waals surface area (Å²) in [6.45, 7) is 1.47. The number of fused-ring (bicyclic) bond motifs is 1. The second kappa shape index (κ2) is 8.66. The molecule has 2 aliphatic rings. The van der Waals surface area contributed by atoms with Gasteiger partial charge in [-0.2, -0.15) is 0 Å². The summed E-state index contributed by atoms with van der Waals surface area (Å²) in [6, 6.07) is 15.1. The second-order valence-electron chi connectivity index (χ2n) is 8.70. The predicted octanol–water partition coefficient (Wildman–Crippen LogP) is 5.90. The lowest BCUT2D eigenvalue weighted by molar-refractivity contribution is -0.131. The third-order valence-corrected chi connectivity index (χ3v) is 6.63. The third-order valence-electron chi connectivity index (χ3n) is 6.63. The maximum atomic E-state index is 14.1. The number of allylic oxidation sites excluding steroid dienone is 1. The van der Waals surface area contributed by atoms with Gasteiger partial charge in [0.15, 0.2) is 0 Å². The van der Waals surface area contributed by atoms with Crippen LogP contribution in [0.25, 0.3) is 22.4 Å². The number of rotatable bonds is 4. The van der Waals surface area contributed by atoms with Crippen molar-refractivity contribution in [3.63, 3.8) is 0 Å². The van der Waals surface area contributed by atoms with Gasteiger partial charge in [0.1, 0.15) is 11.6 Å². The highest BCUT2D eigenvalue weighted by molar-refractivity contribution is 5.81. The molecule has 1 aliphatic heterocycles. The fourth-order valence-electron chi connectivity index (χ4n) is 4.97. The van der Waals surface area contributed by atoms with Gasteiger partial charge in [0.25, 0.3) is 0 Å². The molecule has 0 unspecified atom stereocenters. The van der Waals surface area contributed by atoms with Crippen LogP contribution in [0.1, 0.15) is 51.0 Å². The highest BCUT2D eigenvalue weighted by atomic mass is 19.1. The largest absolute Gasteiger partial charge is 0.342 e. The molecule has 1 aliphatic carbocycles. The van der Waals surface area contributed by atoms with Gasteiger partial charge in [0.05, 0.1) is 11.0 Å². The zero-order valence-electron chi connectivity index (χ0n) is 17.8. The van der Waals surface area contributed by atoms with E-state index >= 15 is 0 Å². The molecule has 1 aromatic heterocycles. The van der Waals surface area contributed by atoms with Crippen molar-refractivity contribution in [2.75, 3.05) is 13.1 Å². The summed E-state index contributed by atoms with van der Waals surface area (Å²) in [5.41, 5.74) is 3.97. The molecule has 1 fully saturated rings. The van der Waals surface area contributed by atoms with Gasteiger partial charge in [-0.25, -0.2) is 9.37 Å². The Labute approximate surface area is 182 Å². The van der Waals surface area contributed by atoms with Crippen LogP contribution >= 0.6 is 0 Å². The van der Waals surface area contributed by atoms with Crippen molar-refractivity contribution in [2.24, 2.45) is 0 Å². The van der Waals surface area contributed by atoms with Gasteiger partial charge in [-0.05, 0) is 56.7 Å². The fourth-order valence-corrected chi connectivity index (χ4v) is 4.97. The van der Waals surface area contributed by atoms with E-state index in [1.54, 1.807) is 12.1 Å². The molecule has 0 atom stereocenters. The standard InChI is InChI=1S/C26H28FN3O/c27-21-11-12-23-24(18-21)30(26(28-23)20-9-5-2-6-10-20)22-13-15-29(16-14-22)25(31)17-19-7-3-1-4-8-19/h2,5-7,9-12,18,22H,1,3-4,8,13-17H2. The summed E-state index contributed by atoms with van der Waals surface area (Å²) in [5, 5.41) is 0. The van der Waals surface area contributed by atoms with Crippen molar-refractivity contribution < 1.29 is 9.18 Å². The van der Waals surface area contributed by atoms with Gasteiger partial charge in [0.2, 0.25) is 5.91 Å². The number of nitrogens with zero attached hydrogens (tertiary/aromatic N) is 3. The summed E-state index contributed by atoms with van der Waals surface area (Å²) >= 11 is 0. The lowest BCUT2D eigenvalue weighted by atomic mass is 9.96. The summed E-state index contributed by atoms with van der Waals surface area (Å²) in [5.74, 6) is 0.872. The molecular formula is C26H28FN3O.